The summed E-state index contributed by atoms with van der Waals surface area (Å²) in [7, 11) is 1.36. The van der Waals surface area contributed by atoms with Crippen molar-refractivity contribution in [3.05, 3.63) is 153 Å². The van der Waals surface area contributed by atoms with Crippen molar-refractivity contribution in [3.63, 3.8) is 0 Å². The highest BCUT2D eigenvalue weighted by molar-refractivity contribution is 5.90. The molecular weight excluding hydrogens is 1030 g/mol. The number of carboxylic acids is 1. The Balaban J connectivity index is 0.000000196. The molecule has 1 N–H and O–H groups in total. The van der Waals surface area contributed by atoms with Gasteiger partial charge >= 0.3 is 11.9 Å². The molecule has 4 aliphatic rings. The first-order valence-corrected chi connectivity index (χ1v) is 28.7. The van der Waals surface area contributed by atoms with E-state index in [-0.39, 0.29) is 53.6 Å². The molecule has 0 radical (unpaired) electrons. The maximum absolute atomic E-state index is 14.1. The summed E-state index contributed by atoms with van der Waals surface area (Å²) in [5.41, 5.74) is 15.4. The average Bonchev–Trinajstić information content (AvgIpc) is 4.03. The van der Waals surface area contributed by atoms with Gasteiger partial charge in [0.05, 0.1) is 65.7 Å². The number of aromatic carboxylic acids is 1. The molecule has 426 valence electrons. The lowest BCUT2D eigenvalue weighted by Gasteiger charge is -2.39. The van der Waals surface area contributed by atoms with E-state index >= 15 is 0 Å². The molecule has 2 saturated heterocycles. The number of pyridine rings is 4. The summed E-state index contributed by atoms with van der Waals surface area (Å²) in [6, 6.07) is 20.4. The summed E-state index contributed by atoms with van der Waals surface area (Å²) in [6.45, 7) is 20.6. The van der Waals surface area contributed by atoms with Crippen molar-refractivity contribution in [3.8, 4) is 44.8 Å². The SMILES string of the molecule is CC[C@H]1C[C@@H](/C=C/c2c(C(C)C)nc3c(c2-c2ccc(F)cc2)CCCc2nc(C(=O)O)ccc2-3)OC(C)(C)O1.CC[C@H]1C[C@@H](/C=C/c2c(C(C)C)nc3c(c2-c2ccc(F)cc2)CCCc2nc(C(=O)OC)ccc2-3)OC(C)(C)O1. The van der Waals surface area contributed by atoms with E-state index in [0.717, 1.165) is 141 Å². The lowest BCUT2D eigenvalue weighted by molar-refractivity contribution is -0.290. The Kier molecular flexibility index (Phi) is 17.9. The molecule has 0 amide bonds. The fraction of sp³-hybridized carbons (Fsp3) is 0.433. The van der Waals surface area contributed by atoms with Crippen molar-refractivity contribution in [1.29, 1.82) is 0 Å². The monoisotopic (exact) mass is 1100 g/mol. The molecule has 2 aromatic carbocycles. The molecule has 2 aliphatic carbocycles. The molecular formula is C67H76F2N4O8. The van der Waals surface area contributed by atoms with Crippen LogP contribution in [0.15, 0.2) is 84.9 Å². The van der Waals surface area contributed by atoms with Gasteiger partial charge in [-0.2, -0.15) is 0 Å². The third kappa shape index (κ3) is 13.3. The quantitative estimate of drug-likeness (QED) is 0.116. The number of hydrogen-bond donors (Lipinski definition) is 1. The van der Waals surface area contributed by atoms with Gasteiger partial charge in [-0.15, -0.1) is 0 Å². The van der Waals surface area contributed by atoms with Crippen LogP contribution >= 0.6 is 0 Å². The lowest BCUT2D eigenvalue weighted by atomic mass is 9.86. The number of aromatic nitrogens is 4. The number of halogens is 2. The molecule has 2 aliphatic heterocycles. The van der Waals surface area contributed by atoms with Gasteiger partial charge < -0.3 is 28.8 Å². The van der Waals surface area contributed by atoms with Crippen molar-refractivity contribution >= 4 is 24.1 Å². The molecule has 2 fully saturated rings. The molecule has 6 aromatic rings. The predicted molar refractivity (Wildman–Crippen MR) is 312 cm³/mol. The molecule has 0 bridgehead atoms. The number of aryl methyl sites for hydroxylation is 2. The summed E-state index contributed by atoms with van der Waals surface area (Å²) in [5, 5.41) is 9.52. The summed E-state index contributed by atoms with van der Waals surface area (Å²) >= 11 is 0. The van der Waals surface area contributed by atoms with Gasteiger partial charge in [-0.1, -0.05) is 90.1 Å². The summed E-state index contributed by atoms with van der Waals surface area (Å²) in [6.07, 6.45) is 16.4. The van der Waals surface area contributed by atoms with Crippen LogP contribution < -0.4 is 0 Å². The van der Waals surface area contributed by atoms with E-state index < -0.39 is 23.5 Å². The van der Waals surface area contributed by atoms with E-state index in [1.165, 1.54) is 31.4 Å². The average molecular weight is 1100 g/mol. The highest BCUT2D eigenvalue weighted by atomic mass is 19.1. The Morgan fingerprint density at radius 3 is 1.40 bits per heavy atom. The van der Waals surface area contributed by atoms with E-state index in [4.69, 9.17) is 33.7 Å². The van der Waals surface area contributed by atoms with Crippen LogP contribution in [0, 0.1) is 11.6 Å². The second-order valence-electron chi connectivity index (χ2n) is 23.0. The number of methoxy groups -OCH3 is 1. The molecule has 12 nitrogen and oxygen atoms in total. The fourth-order valence-electron chi connectivity index (χ4n) is 11.8. The van der Waals surface area contributed by atoms with Gasteiger partial charge in [0.2, 0.25) is 0 Å². The molecule has 14 heteroatoms. The third-order valence-corrected chi connectivity index (χ3v) is 15.5. The summed E-state index contributed by atoms with van der Waals surface area (Å²) in [4.78, 5) is 43.5. The van der Waals surface area contributed by atoms with Crippen LogP contribution in [0.3, 0.4) is 0 Å². The van der Waals surface area contributed by atoms with E-state index in [1.54, 1.807) is 12.1 Å². The number of rotatable bonds is 12. The zero-order valence-corrected chi connectivity index (χ0v) is 48.6. The molecule has 0 spiro atoms. The number of fused-ring (bicyclic) bond motifs is 6. The number of ether oxygens (including phenoxy) is 5. The number of benzene rings is 2. The summed E-state index contributed by atoms with van der Waals surface area (Å²) in [5.74, 6) is -3.19. The molecule has 4 atom stereocenters. The Labute approximate surface area is 475 Å². The molecule has 0 saturated carbocycles. The van der Waals surface area contributed by atoms with Gasteiger partial charge in [0, 0.05) is 35.1 Å². The van der Waals surface area contributed by atoms with Gasteiger partial charge in [-0.25, -0.2) is 28.3 Å². The van der Waals surface area contributed by atoms with Crippen LogP contribution in [0.25, 0.3) is 56.9 Å². The topological polar surface area (TPSA) is 152 Å². The maximum Gasteiger partial charge on any atom is 0.356 e. The van der Waals surface area contributed by atoms with Crippen LogP contribution in [0.2, 0.25) is 0 Å². The van der Waals surface area contributed by atoms with Crippen LogP contribution in [0.5, 0.6) is 0 Å². The van der Waals surface area contributed by atoms with E-state index in [2.05, 4.69) is 75.8 Å². The second-order valence-corrected chi connectivity index (χ2v) is 23.0. The predicted octanol–water partition coefficient (Wildman–Crippen LogP) is 15.3. The second kappa shape index (κ2) is 24.7. The minimum absolute atomic E-state index is 0.0364. The van der Waals surface area contributed by atoms with Gasteiger partial charge in [-0.3, -0.25) is 9.97 Å². The van der Waals surface area contributed by atoms with Crippen molar-refractivity contribution < 1.29 is 47.2 Å². The maximum atomic E-state index is 14.1. The zero-order chi connectivity index (χ0) is 57.9. The smallest absolute Gasteiger partial charge is 0.356 e. The summed E-state index contributed by atoms with van der Waals surface area (Å²) < 4.78 is 57.7. The van der Waals surface area contributed by atoms with Gasteiger partial charge in [0.25, 0.3) is 0 Å². The van der Waals surface area contributed by atoms with Crippen LogP contribution in [0.1, 0.15) is 186 Å². The van der Waals surface area contributed by atoms with Crippen molar-refractivity contribution in [2.75, 3.05) is 7.11 Å². The van der Waals surface area contributed by atoms with E-state index in [9.17, 15) is 23.5 Å². The van der Waals surface area contributed by atoms with Gasteiger partial charge in [0.15, 0.2) is 11.6 Å². The fourth-order valence-corrected chi connectivity index (χ4v) is 11.8. The number of carboxylic acid groups (broad SMARTS) is 1. The van der Waals surface area contributed by atoms with Crippen molar-refractivity contribution in [2.24, 2.45) is 0 Å². The molecule has 4 aromatic heterocycles. The minimum Gasteiger partial charge on any atom is -0.477 e. The Bertz CT molecular complexity index is 3350. The minimum atomic E-state index is -1.04. The highest BCUT2D eigenvalue weighted by Crippen LogP contribution is 2.45. The molecule has 81 heavy (non-hydrogen) atoms. The first kappa shape index (κ1) is 58.8. The van der Waals surface area contributed by atoms with E-state index in [0.29, 0.717) is 18.5 Å². The van der Waals surface area contributed by atoms with E-state index in [1.807, 2.05) is 64.1 Å². The number of carbonyl (C=O) groups excluding carboxylic acids is 1. The molecule has 6 heterocycles. The van der Waals surface area contributed by atoms with Crippen LogP contribution in [0.4, 0.5) is 8.78 Å². The highest BCUT2D eigenvalue weighted by Gasteiger charge is 2.36. The standard InChI is InChI=1S/C34H39FN2O4.C33H37FN2O4/c1-7-23-19-24(41-34(4,5)40-23)15-16-27-30(21-11-13-22(35)14-12-21)26-9-8-10-28-25(32(26)37-31(27)20(2)3)17-18-29(36-28)33(38)39-6;1-6-22-18-23(40-33(4,5)39-22)14-15-26-29(20-10-12-21(34)13-11-20)25-8-7-9-27-24(16-17-28(35-27)32(37)38)31(25)36-30(26)19(2)3/h11-18,20,23-24H,7-10,19H2,1-6H3;10-17,19,22-23H,6-9,18H2,1-5H3,(H,37,38)/b16-15+;15-14+/t23-,24+;22-,23+/m00/s1. The van der Waals surface area contributed by atoms with Crippen molar-refractivity contribution in [2.45, 2.75) is 181 Å². The number of nitrogens with zero attached hydrogens (tertiary/aromatic N) is 4. The van der Waals surface area contributed by atoms with Crippen molar-refractivity contribution in [1.82, 2.24) is 19.9 Å². The van der Waals surface area contributed by atoms with Gasteiger partial charge in [-0.05, 0) is 173 Å². The largest absolute Gasteiger partial charge is 0.477 e. The Morgan fingerprint density at radius 1 is 0.605 bits per heavy atom. The van der Waals surface area contributed by atoms with Gasteiger partial charge in [0.1, 0.15) is 23.0 Å². The Morgan fingerprint density at radius 2 is 1.01 bits per heavy atom. The number of hydrogen-bond acceptors (Lipinski definition) is 11. The lowest BCUT2D eigenvalue weighted by Crippen LogP contribution is -2.43. The Hall–Kier alpha value is -6.84. The molecule has 0 unspecified atom stereocenters. The normalized spacial score (nSPS) is 20.1. The zero-order valence-electron chi connectivity index (χ0n) is 48.6. The third-order valence-electron chi connectivity index (χ3n) is 15.5. The molecule has 10 rings (SSSR count). The van der Waals surface area contributed by atoms with Crippen LogP contribution in [-0.2, 0) is 49.4 Å². The first-order chi connectivity index (χ1) is 38.7. The first-order valence-electron chi connectivity index (χ1n) is 28.7. The number of esters is 1. The van der Waals surface area contributed by atoms with Crippen LogP contribution in [-0.4, -0.2) is 80.1 Å². The number of carbonyl (C=O) groups is 2.